The summed E-state index contributed by atoms with van der Waals surface area (Å²) < 4.78 is 5.78. The van der Waals surface area contributed by atoms with Crippen molar-refractivity contribution in [3.05, 3.63) is 59.7 Å². The maximum Gasteiger partial charge on any atom is 0.221 e. The second-order valence-electron chi connectivity index (χ2n) is 4.17. The minimum atomic E-state index is -0.364. The number of benzene rings is 2. The number of nitrogens with two attached hydrogens (primary N) is 1. The molecular weight excluding hydrogens is 226 g/mol. The van der Waals surface area contributed by atoms with Crippen molar-refractivity contribution < 1.29 is 9.53 Å². The van der Waals surface area contributed by atoms with Gasteiger partial charge in [0.2, 0.25) is 5.91 Å². The van der Waals surface area contributed by atoms with Crippen LogP contribution in [0, 0.1) is 6.92 Å². The number of para-hydroxylation sites is 1. The Morgan fingerprint density at radius 3 is 2.56 bits per heavy atom. The lowest BCUT2D eigenvalue weighted by atomic mass is 10.1. The molecule has 0 saturated heterocycles. The maximum atomic E-state index is 11.0. The Morgan fingerprint density at radius 2 is 1.89 bits per heavy atom. The number of aryl methyl sites for hydroxylation is 1. The summed E-state index contributed by atoms with van der Waals surface area (Å²) in [6.07, 6.45) is 0.183. The van der Waals surface area contributed by atoms with E-state index in [9.17, 15) is 4.79 Å². The number of amides is 1. The van der Waals surface area contributed by atoms with Crippen LogP contribution in [-0.2, 0) is 11.2 Å². The van der Waals surface area contributed by atoms with Crippen LogP contribution in [0.2, 0.25) is 0 Å². The Bertz CT molecular complexity index is 550. The van der Waals surface area contributed by atoms with Crippen molar-refractivity contribution in [3.8, 4) is 11.5 Å². The van der Waals surface area contributed by atoms with Crippen molar-refractivity contribution in [2.45, 2.75) is 13.3 Å². The molecule has 0 fully saturated rings. The van der Waals surface area contributed by atoms with Gasteiger partial charge in [-0.2, -0.15) is 0 Å². The van der Waals surface area contributed by atoms with E-state index in [0.717, 1.165) is 16.9 Å². The minimum Gasteiger partial charge on any atom is -0.457 e. The van der Waals surface area contributed by atoms with Gasteiger partial charge in [0.1, 0.15) is 11.5 Å². The first-order valence-electron chi connectivity index (χ1n) is 5.76. The molecule has 0 bridgehead atoms. The summed E-state index contributed by atoms with van der Waals surface area (Å²) in [5.74, 6) is 1.06. The van der Waals surface area contributed by atoms with Crippen molar-refractivity contribution in [1.82, 2.24) is 0 Å². The fraction of sp³-hybridized carbons (Fsp3) is 0.133. The molecule has 0 aliphatic carbocycles. The quantitative estimate of drug-likeness (QED) is 0.894. The zero-order valence-electron chi connectivity index (χ0n) is 10.2. The summed E-state index contributed by atoms with van der Waals surface area (Å²) in [7, 11) is 0. The van der Waals surface area contributed by atoms with E-state index in [-0.39, 0.29) is 12.3 Å². The summed E-state index contributed by atoms with van der Waals surface area (Å²) in [5.41, 5.74) is 7.11. The molecule has 0 saturated carbocycles. The summed E-state index contributed by atoms with van der Waals surface area (Å²) in [5, 5.41) is 0. The molecule has 0 radical (unpaired) electrons. The van der Waals surface area contributed by atoms with Gasteiger partial charge in [-0.3, -0.25) is 4.79 Å². The highest BCUT2D eigenvalue weighted by Gasteiger charge is 2.08. The Morgan fingerprint density at radius 1 is 1.17 bits per heavy atom. The van der Waals surface area contributed by atoms with Crippen molar-refractivity contribution in [1.29, 1.82) is 0 Å². The highest BCUT2D eigenvalue weighted by atomic mass is 16.5. The van der Waals surface area contributed by atoms with E-state index in [1.165, 1.54) is 0 Å². The summed E-state index contributed by atoms with van der Waals surface area (Å²) >= 11 is 0. The van der Waals surface area contributed by atoms with Gasteiger partial charge in [0.15, 0.2) is 0 Å². The molecule has 0 aliphatic heterocycles. The van der Waals surface area contributed by atoms with E-state index >= 15 is 0 Å². The third kappa shape index (κ3) is 3.10. The average Bonchev–Trinajstić information content (AvgIpc) is 2.33. The van der Waals surface area contributed by atoms with Gasteiger partial charge in [-0.15, -0.1) is 0 Å². The van der Waals surface area contributed by atoms with E-state index in [0.29, 0.717) is 5.75 Å². The second kappa shape index (κ2) is 5.36. The molecular formula is C15H15NO2. The van der Waals surface area contributed by atoms with Crippen LogP contribution in [0.4, 0.5) is 0 Å². The molecule has 2 aromatic rings. The van der Waals surface area contributed by atoms with Crippen LogP contribution < -0.4 is 10.5 Å². The molecule has 3 heteroatoms. The lowest BCUT2D eigenvalue weighted by Gasteiger charge is -2.11. The van der Waals surface area contributed by atoms with Gasteiger partial charge in [0, 0.05) is 5.56 Å². The molecule has 2 N–H and O–H groups in total. The fourth-order valence-corrected chi connectivity index (χ4v) is 1.71. The van der Waals surface area contributed by atoms with Gasteiger partial charge in [0.05, 0.1) is 6.42 Å². The molecule has 0 aliphatic rings. The molecule has 0 aromatic heterocycles. The van der Waals surface area contributed by atoms with Gasteiger partial charge in [-0.1, -0.05) is 30.3 Å². The smallest absolute Gasteiger partial charge is 0.221 e. The monoisotopic (exact) mass is 241 g/mol. The van der Waals surface area contributed by atoms with Gasteiger partial charge in [0.25, 0.3) is 0 Å². The molecule has 0 spiro atoms. The standard InChI is InChI=1S/C15H15NO2/c1-11-7-8-12(10-15(16)17)14(9-11)18-13-5-3-2-4-6-13/h2-9H,10H2,1H3,(H2,16,17). The zero-order chi connectivity index (χ0) is 13.0. The number of ether oxygens (including phenoxy) is 1. The predicted octanol–water partition coefficient (Wildman–Crippen LogP) is 2.82. The second-order valence-corrected chi connectivity index (χ2v) is 4.17. The Balaban J connectivity index is 2.30. The number of hydrogen-bond acceptors (Lipinski definition) is 2. The summed E-state index contributed by atoms with van der Waals surface area (Å²) in [4.78, 5) is 11.0. The fourth-order valence-electron chi connectivity index (χ4n) is 1.71. The third-order valence-corrected chi connectivity index (χ3v) is 2.56. The number of carbonyl (C=O) groups is 1. The largest absolute Gasteiger partial charge is 0.457 e. The molecule has 92 valence electrons. The van der Waals surface area contributed by atoms with Crippen molar-refractivity contribution in [2.24, 2.45) is 5.73 Å². The lowest BCUT2D eigenvalue weighted by Crippen LogP contribution is -2.14. The van der Waals surface area contributed by atoms with Gasteiger partial charge in [-0.25, -0.2) is 0 Å². The molecule has 1 amide bonds. The minimum absolute atomic E-state index is 0.183. The Hall–Kier alpha value is -2.29. The topological polar surface area (TPSA) is 52.3 Å². The number of hydrogen-bond donors (Lipinski definition) is 1. The average molecular weight is 241 g/mol. The molecule has 0 unspecified atom stereocenters. The molecule has 18 heavy (non-hydrogen) atoms. The Labute approximate surface area is 106 Å². The number of rotatable bonds is 4. The van der Waals surface area contributed by atoms with E-state index in [4.69, 9.17) is 10.5 Å². The SMILES string of the molecule is Cc1ccc(CC(N)=O)c(Oc2ccccc2)c1. The molecule has 2 aromatic carbocycles. The van der Waals surface area contributed by atoms with Crippen molar-refractivity contribution >= 4 is 5.91 Å². The summed E-state index contributed by atoms with van der Waals surface area (Å²) in [6.45, 7) is 1.98. The highest BCUT2D eigenvalue weighted by Crippen LogP contribution is 2.26. The van der Waals surface area contributed by atoms with Gasteiger partial charge < -0.3 is 10.5 Å². The first-order valence-corrected chi connectivity index (χ1v) is 5.76. The van der Waals surface area contributed by atoms with Crippen LogP contribution in [-0.4, -0.2) is 5.91 Å². The van der Waals surface area contributed by atoms with Gasteiger partial charge >= 0.3 is 0 Å². The first-order chi connectivity index (χ1) is 8.65. The van der Waals surface area contributed by atoms with E-state index in [1.807, 2.05) is 55.5 Å². The van der Waals surface area contributed by atoms with E-state index in [1.54, 1.807) is 0 Å². The molecule has 0 heterocycles. The summed E-state index contributed by atoms with van der Waals surface area (Å²) in [6, 6.07) is 15.2. The van der Waals surface area contributed by atoms with E-state index in [2.05, 4.69) is 0 Å². The lowest BCUT2D eigenvalue weighted by molar-refractivity contribution is -0.117. The van der Waals surface area contributed by atoms with Crippen LogP contribution in [0.15, 0.2) is 48.5 Å². The molecule has 3 nitrogen and oxygen atoms in total. The Kier molecular flexibility index (Phi) is 3.63. The maximum absolute atomic E-state index is 11.0. The van der Waals surface area contributed by atoms with Crippen LogP contribution in [0.3, 0.4) is 0 Å². The molecule has 0 atom stereocenters. The van der Waals surface area contributed by atoms with Crippen LogP contribution >= 0.6 is 0 Å². The normalized spacial score (nSPS) is 10.1. The van der Waals surface area contributed by atoms with Gasteiger partial charge in [-0.05, 0) is 30.7 Å². The van der Waals surface area contributed by atoms with E-state index < -0.39 is 0 Å². The molecule has 2 rings (SSSR count). The zero-order valence-corrected chi connectivity index (χ0v) is 10.2. The van der Waals surface area contributed by atoms with Crippen LogP contribution in [0.5, 0.6) is 11.5 Å². The predicted molar refractivity (Wildman–Crippen MR) is 70.6 cm³/mol. The number of carbonyl (C=O) groups excluding carboxylic acids is 1. The third-order valence-electron chi connectivity index (χ3n) is 2.56. The number of primary amides is 1. The van der Waals surface area contributed by atoms with Crippen LogP contribution in [0.25, 0.3) is 0 Å². The van der Waals surface area contributed by atoms with Crippen molar-refractivity contribution in [2.75, 3.05) is 0 Å². The van der Waals surface area contributed by atoms with Crippen LogP contribution in [0.1, 0.15) is 11.1 Å². The van der Waals surface area contributed by atoms with Crippen molar-refractivity contribution in [3.63, 3.8) is 0 Å². The first kappa shape index (κ1) is 12.2. The highest BCUT2D eigenvalue weighted by molar-refractivity contribution is 5.77.